The van der Waals surface area contributed by atoms with Gasteiger partial charge in [0.05, 0.1) is 17.9 Å². The average Bonchev–Trinajstić information content (AvgIpc) is 3.05. The van der Waals surface area contributed by atoms with Gasteiger partial charge in [-0.1, -0.05) is 0 Å². The SMILES string of the molecule is O=C(O)C1CC1C(=O)N1CCC(C2CCCO2)CC1. The van der Waals surface area contributed by atoms with Crippen LogP contribution in [0.1, 0.15) is 32.1 Å². The molecule has 0 aromatic carbocycles. The van der Waals surface area contributed by atoms with Crippen molar-refractivity contribution in [3.63, 3.8) is 0 Å². The van der Waals surface area contributed by atoms with Crippen LogP contribution in [0, 0.1) is 17.8 Å². The van der Waals surface area contributed by atoms with Crippen molar-refractivity contribution in [1.82, 2.24) is 4.90 Å². The number of carbonyl (C=O) groups is 2. The molecule has 0 radical (unpaired) electrons. The maximum atomic E-state index is 12.1. The summed E-state index contributed by atoms with van der Waals surface area (Å²) in [5, 5.41) is 8.87. The van der Waals surface area contributed by atoms with Crippen molar-refractivity contribution >= 4 is 11.9 Å². The molecule has 5 heteroatoms. The quantitative estimate of drug-likeness (QED) is 0.832. The minimum absolute atomic E-state index is 0.0539. The van der Waals surface area contributed by atoms with Gasteiger partial charge in [0.1, 0.15) is 0 Å². The first-order valence-corrected chi connectivity index (χ1v) is 7.30. The number of rotatable bonds is 3. The first-order valence-electron chi connectivity index (χ1n) is 7.30. The average molecular weight is 267 g/mol. The highest BCUT2D eigenvalue weighted by atomic mass is 16.5. The van der Waals surface area contributed by atoms with Gasteiger partial charge in [-0.25, -0.2) is 0 Å². The van der Waals surface area contributed by atoms with E-state index in [9.17, 15) is 9.59 Å². The molecule has 3 fully saturated rings. The van der Waals surface area contributed by atoms with Crippen LogP contribution in [0.15, 0.2) is 0 Å². The number of aliphatic carboxylic acids is 1. The van der Waals surface area contributed by atoms with Gasteiger partial charge in [0.2, 0.25) is 5.91 Å². The number of piperidine rings is 1. The van der Waals surface area contributed by atoms with Crippen LogP contribution in [-0.2, 0) is 14.3 Å². The Hall–Kier alpha value is -1.10. The van der Waals surface area contributed by atoms with Crippen LogP contribution in [0.25, 0.3) is 0 Å². The van der Waals surface area contributed by atoms with Crippen molar-refractivity contribution in [1.29, 1.82) is 0 Å². The van der Waals surface area contributed by atoms with Gasteiger partial charge < -0.3 is 14.7 Å². The monoisotopic (exact) mass is 267 g/mol. The van der Waals surface area contributed by atoms with Crippen LogP contribution >= 0.6 is 0 Å². The van der Waals surface area contributed by atoms with Gasteiger partial charge in [0.25, 0.3) is 0 Å². The van der Waals surface area contributed by atoms with Crippen molar-refractivity contribution in [2.75, 3.05) is 19.7 Å². The van der Waals surface area contributed by atoms with Crippen LogP contribution in [0.3, 0.4) is 0 Å². The first-order chi connectivity index (χ1) is 9.16. The predicted octanol–water partition coefficient (Wildman–Crippen LogP) is 1.12. The molecule has 1 N–H and O–H groups in total. The largest absolute Gasteiger partial charge is 0.481 e. The molecular weight excluding hydrogens is 246 g/mol. The van der Waals surface area contributed by atoms with E-state index >= 15 is 0 Å². The maximum Gasteiger partial charge on any atom is 0.307 e. The Kier molecular flexibility index (Phi) is 3.48. The molecule has 1 saturated carbocycles. The van der Waals surface area contributed by atoms with E-state index in [4.69, 9.17) is 9.84 Å². The topological polar surface area (TPSA) is 66.8 Å². The van der Waals surface area contributed by atoms with E-state index in [0.29, 0.717) is 18.4 Å². The van der Waals surface area contributed by atoms with Crippen molar-refractivity contribution in [3.05, 3.63) is 0 Å². The zero-order valence-electron chi connectivity index (χ0n) is 11.1. The van der Waals surface area contributed by atoms with E-state index in [1.165, 1.54) is 0 Å². The van der Waals surface area contributed by atoms with E-state index in [-0.39, 0.29) is 11.8 Å². The molecule has 5 nitrogen and oxygen atoms in total. The summed E-state index contributed by atoms with van der Waals surface area (Å²) in [4.78, 5) is 24.8. The Morgan fingerprint density at radius 1 is 1.11 bits per heavy atom. The Balaban J connectivity index is 1.47. The molecule has 3 unspecified atom stereocenters. The van der Waals surface area contributed by atoms with Gasteiger partial charge in [-0.2, -0.15) is 0 Å². The zero-order valence-corrected chi connectivity index (χ0v) is 11.1. The van der Waals surface area contributed by atoms with E-state index in [1.807, 2.05) is 4.90 Å². The number of nitrogens with zero attached hydrogens (tertiary/aromatic N) is 1. The van der Waals surface area contributed by atoms with E-state index < -0.39 is 11.9 Å². The molecule has 3 rings (SSSR count). The summed E-state index contributed by atoms with van der Waals surface area (Å²) in [6.45, 7) is 2.42. The molecule has 0 aromatic heterocycles. The lowest BCUT2D eigenvalue weighted by atomic mass is 9.89. The Labute approximate surface area is 112 Å². The maximum absolute atomic E-state index is 12.1. The van der Waals surface area contributed by atoms with E-state index in [2.05, 4.69) is 0 Å². The van der Waals surface area contributed by atoms with Crippen LogP contribution in [0.5, 0.6) is 0 Å². The fraction of sp³-hybridized carbons (Fsp3) is 0.857. The predicted molar refractivity (Wildman–Crippen MR) is 67.5 cm³/mol. The summed E-state index contributed by atoms with van der Waals surface area (Å²) in [6, 6.07) is 0. The van der Waals surface area contributed by atoms with Crippen LogP contribution < -0.4 is 0 Å². The molecule has 106 valence electrons. The van der Waals surface area contributed by atoms with Crippen molar-refractivity contribution in [2.45, 2.75) is 38.2 Å². The van der Waals surface area contributed by atoms with Gasteiger partial charge in [0, 0.05) is 19.7 Å². The molecule has 2 saturated heterocycles. The second kappa shape index (κ2) is 5.12. The number of hydrogen-bond acceptors (Lipinski definition) is 3. The minimum atomic E-state index is -0.826. The molecule has 0 bridgehead atoms. The lowest BCUT2D eigenvalue weighted by Crippen LogP contribution is -2.42. The Bertz CT molecular complexity index is 370. The Morgan fingerprint density at radius 2 is 1.84 bits per heavy atom. The zero-order chi connectivity index (χ0) is 13.4. The Morgan fingerprint density at radius 3 is 2.37 bits per heavy atom. The number of likely N-dealkylation sites (tertiary alicyclic amines) is 1. The molecule has 19 heavy (non-hydrogen) atoms. The summed E-state index contributed by atoms with van der Waals surface area (Å²) < 4.78 is 5.72. The number of carboxylic acid groups (broad SMARTS) is 1. The smallest absolute Gasteiger partial charge is 0.307 e. The summed E-state index contributed by atoms with van der Waals surface area (Å²) in [7, 11) is 0. The van der Waals surface area contributed by atoms with Crippen molar-refractivity contribution in [2.24, 2.45) is 17.8 Å². The third kappa shape index (κ3) is 2.61. The number of amides is 1. The number of carboxylic acids is 1. The molecule has 1 aliphatic carbocycles. The van der Waals surface area contributed by atoms with Crippen LogP contribution in [0.4, 0.5) is 0 Å². The standard InChI is InChI=1S/C14H21NO4/c16-13(10-8-11(10)14(17)18)15-5-3-9(4-6-15)12-2-1-7-19-12/h9-12H,1-8H2,(H,17,18). The molecule has 1 amide bonds. The summed E-state index contributed by atoms with van der Waals surface area (Å²) in [5.41, 5.74) is 0. The summed E-state index contributed by atoms with van der Waals surface area (Å²) in [5.74, 6) is -0.869. The molecule has 3 aliphatic rings. The first kappa shape index (κ1) is 12.9. The lowest BCUT2D eigenvalue weighted by Gasteiger charge is -2.34. The van der Waals surface area contributed by atoms with Crippen LogP contribution in [-0.4, -0.2) is 47.7 Å². The highest BCUT2D eigenvalue weighted by Crippen LogP contribution is 2.41. The van der Waals surface area contributed by atoms with Crippen LogP contribution in [0.2, 0.25) is 0 Å². The van der Waals surface area contributed by atoms with Gasteiger partial charge in [-0.3, -0.25) is 9.59 Å². The number of ether oxygens (including phenoxy) is 1. The molecular formula is C14H21NO4. The van der Waals surface area contributed by atoms with Crippen molar-refractivity contribution in [3.8, 4) is 0 Å². The fourth-order valence-electron chi connectivity index (χ4n) is 3.44. The molecule has 3 atom stereocenters. The molecule has 2 heterocycles. The normalized spacial score (nSPS) is 35.4. The van der Waals surface area contributed by atoms with Gasteiger partial charge >= 0.3 is 5.97 Å². The minimum Gasteiger partial charge on any atom is -0.481 e. The molecule has 2 aliphatic heterocycles. The summed E-state index contributed by atoms with van der Waals surface area (Å²) >= 11 is 0. The van der Waals surface area contributed by atoms with Gasteiger partial charge in [0.15, 0.2) is 0 Å². The highest BCUT2D eigenvalue weighted by molar-refractivity contribution is 5.89. The van der Waals surface area contributed by atoms with Crippen molar-refractivity contribution < 1.29 is 19.4 Å². The van der Waals surface area contributed by atoms with Gasteiger partial charge in [-0.15, -0.1) is 0 Å². The molecule has 0 spiro atoms. The third-order valence-electron chi connectivity index (χ3n) is 4.77. The number of carbonyl (C=O) groups excluding carboxylic acids is 1. The van der Waals surface area contributed by atoms with Gasteiger partial charge in [-0.05, 0) is 38.0 Å². The van der Waals surface area contributed by atoms with E-state index in [0.717, 1.165) is 45.4 Å². The number of hydrogen-bond donors (Lipinski definition) is 1. The third-order valence-corrected chi connectivity index (χ3v) is 4.77. The lowest BCUT2D eigenvalue weighted by molar-refractivity contribution is -0.142. The molecule has 0 aromatic rings. The second-order valence-electron chi connectivity index (χ2n) is 6.00. The summed E-state index contributed by atoms with van der Waals surface area (Å²) in [6.07, 6.45) is 5.24. The second-order valence-corrected chi connectivity index (χ2v) is 6.00. The highest BCUT2D eigenvalue weighted by Gasteiger charge is 2.50. The fourth-order valence-corrected chi connectivity index (χ4v) is 3.44. The van der Waals surface area contributed by atoms with E-state index in [1.54, 1.807) is 0 Å².